The molecular formula is C16H20ClN3O4S. The van der Waals surface area contributed by atoms with Crippen molar-refractivity contribution in [3.63, 3.8) is 0 Å². The lowest BCUT2D eigenvalue weighted by Crippen LogP contribution is -2.31. The van der Waals surface area contributed by atoms with Crippen LogP contribution in [0, 0.1) is 0 Å². The predicted octanol–water partition coefficient (Wildman–Crippen LogP) is 1.30. The largest absolute Gasteiger partial charge is 0.393 e. The molecule has 7 nitrogen and oxygen atoms in total. The number of halogens is 1. The first kappa shape index (κ1) is 18.3. The second-order valence-corrected chi connectivity index (χ2v) is 8.46. The maximum absolute atomic E-state index is 12.8. The van der Waals surface area contributed by atoms with Crippen molar-refractivity contribution in [2.45, 2.75) is 31.4 Å². The quantitative estimate of drug-likeness (QED) is 0.808. The SMILES string of the molecule is O=S(=O)(Cc1ccc(Cl)cc1)N1CCCn2nc([C@H](O)CO)cc2C1. The molecule has 2 heterocycles. The Hall–Kier alpha value is -1.45. The van der Waals surface area contributed by atoms with E-state index in [1.165, 1.54) is 4.31 Å². The average Bonchev–Trinajstić information content (AvgIpc) is 2.87. The fourth-order valence-electron chi connectivity index (χ4n) is 2.83. The van der Waals surface area contributed by atoms with Crippen LogP contribution >= 0.6 is 11.6 Å². The summed E-state index contributed by atoms with van der Waals surface area (Å²) in [7, 11) is -3.49. The fraction of sp³-hybridized carbons (Fsp3) is 0.438. The van der Waals surface area contributed by atoms with Crippen LogP contribution in [-0.4, -0.2) is 45.9 Å². The van der Waals surface area contributed by atoms with Gasteiger partial charge in [-0.05, 0) is 30.2 Å². The molecular weight excluding hydrogens is 366 g/mol. The standard InChI is InChI=1S/C16H20ClN3O4S/c17-13-4-2-12(3-5-13)11-25(23,24)19-6-1-7-20-14(9-19)8-15(18-20)16(22)10-21/h2-5,8,16,21-22H,1,6-7,9-11H2/t16-/m1/s1. The molecule has 1 aliphatic heterocycles. The summed E-state index contributed by atoms with van der Waals surface area (Å²) in [5.74, 6) is -0.0928. The van der Waals surface area contributed by atoms with Crippen LogP contribution < -0.4 is 0 Å². The first-order valence-electron chi connectivity index (χ1n) is 7.97. The highest BCUT2D eigenvalue weighted by molar-refractivity contribution is 7.88. The van der Waals surface area contributed by atoms with E-state index in [1.807, 2.05) is 0 Å². The fourth-order valence-corrected chi connectivity index (χ4v) is 4.49. The van der Waals surface area contributed by atoms with Crippen molar-refractivity contribution < 1.29 is 18.6 Å². The minimum Gasteiger partial charge on any atom is -0.393 e. The van der Waals surface area contributed by atoms with E-state index in [2.05, 4.69) is 5.10 Å². The first-order chi connectivity index (χ1) is 11.9. The minimum absolute atomic E-state index is 0.0928. The molecule has 1 aromatic carbocycles. The van der Waals surface area contributed by atoms with Crippen LogP contribution in [0.3, 0.4) is 0 Å². The smallest absolute Gasteiger partial charge is 0.218 e. The van der Waals surface area contributed by atoms with E-state index < -0.39 is 22.7 Å². The van der Waals surface area contributed by atoms with Crippen molar-refractivity contribution in [3.8, 4) is 0 Å². The van der Waals surface area contributed by atoms with Crippen LogP contribution in [-0.2, 0) is 28.9 Å². The number of aryl methyl sites for hydroxylation is 1. The van der Waals surface area contributed by atoms with Crippen molar-refractivity contribution in [1.82, 2.24) is 14.1 Å². The molecule has 1 atom stereocenters. The maximum Gasteiger partial charge on any atom is 0.218 e. The third-order valence-electron chi connectivity index (χ3n) is 4.17. The Morgan fingerprint density at radius 3 is 2.64 bits per heavy atom. The van der Waals surface area contributed by atoms with Crippen molar-refractivity contribution in [1.29, 1.82) is 0 Å². The molecule has 1 aliphatic rings. The maximum atomic E-state index is 12.8. The van der Waals surface area contributed by atoms with Crippen LogP contribution in [0.2, 0.25) is 5.02 Å². The van der Waals surface area contributed by atoms with Crippen molar-refractivity contribution in [2.75, 3.05) is 13.2 Å². The summed E-state index contributed by atoms with van der Waals surface area (Å²) in [6.45, 7) is 0.758. The average molecular weight is 386 g/mol. The summed E-state index contributed by atoms with van der Waals surface area (Å²) in [6, 6.07) is 8.41. The van der Waals surface area contributed by atoms with E-state index in [1.54, 1.807) is 35.0 Å². The summed E-state index contributed by atoms with van der Waals surface area (Å²) in [5, 5.41) is 23.6. The molecule has 0 fully saturated rings. The summed E-state index contributed by atoms with van der Waals surface area (Å²) >= 11 is 5.84. The zero-order valence-electron chi connectivity index (χ0n) is 13.5. The number of fused-ring (bicyclic) bond motifs is 1. The zero-order chi connectivity index (χ0) is 18.0. The van der Waals surface area contributed by atoms with Gasteiger partial charge < -0.3 is 10.2 Å². The van der Waals surface area contributed by atoms with E-state index in [0.717, 1.165) is 0 Å². The predicted molar refractivity (Wildman–Crippen MR) is 93.4 cm³/mol. The van der Waals surface area contributed by atoms with E-state index >= 15 is 0 Å². The lowest BCUT2D eigenvalue weighted by Gasteiger charge is -2.19. The Bertz CT molecular complexity index is 836. The molecule has 136 valence electrons. The molecule has 2 N–H and O–H groups in total. The number of hydrogen-bond donors (Lipinski definition) is 2. The van der Waals surface area contributed by atoms with E-state index in [9.17, 15) is 13.5 Å². The summed E-state index contributed by atoms with van der Waals surface area (Å²) in [4.78, 5) is 0. The Balaban J connectivity index is 1.80. The van der Waals surface area contributed by atoms with Crippen LogP contribution in [0.25, 0.3) is 0 Å². The van der Waals surface area contributed by atoms with Crippen molar-refractivity contribution in [2.24, 2.45) is 0 Å². The van der Waals surface area contributed by atoms with Crippen molar-refractivity contribution in [3.05, 3.63) is 52.3 Å². The highest BCUT2D eigenvalue weighted by Gasteiger charge is 2.27. The molecule has 0 aliphatic carbocycles. The van der Waals surface area contributed by atoms with E-state index in [4.69, 9.17) is 16.7 Å². The number of nitrogens with zero attached hydrogens (tertiary/aromatic N) is 3. The van der Waals surface area contributed by atoms with Gasteiger partial charge in [0.1, 0.15) is 6.10 Å². The molecule has 0 saturated heterocycles. The summed E-state index contributed by atoms with van der Waals surface area (Å²) in [6.07, 6.45) is -0.429. The molecule has 0 amide bonds. The highest BCUT2D eigenvalue weighted by Crippen LogP contribution is 2.22. The Morgan fingerprint density at radius 2 is 1.96 bits per heavy atom. The van der Waals surface area contributed by atoms with Gasteiger partial charge in [0.2, 0.25) is 10.0 Å². The van der Waals surface area contributed by atoms with Crippen molar-refractivity contribution >= 4 is 21.6 Å². The molecule has 2 aromatic rings. The van der Waals surface area contributed by atoms with Crippen LogP contribution in [0.1, 0.15) is 29.5 Å². The number of aromatic nitrogens is 2. The van der Waals surface area contributed by atoms with Gasteiger partial charge in [-0.3, -0.25) is 4.68 Å². The van der Waals surface area contributed by atoms with Crippen LogP contribution in [0.15, 0.2) is 30.3 Å². The molecule has 0 unspecified atom stereocenters. The van der Waals surface area contributed by atoms with Gasteiger partial charge in [0.25, 0.3) is 0 Å². The van der Waals surface area contributed by atoms with Crippen LogP contribution in [0.5, 0.6) is 0 Å². The Morgan fingerprint density at radius 1 is 1.24 bits per heavy atom. The van der Waals surface area contributed by atoms with Gasteiger partial charge in [-0.15, -0.1) is 0 Å². The molecule has 0 saturated carbocycles. The van der Waals surface area contributed by atoms with Gasteiger partial charge >= 0.3 is 0 Å². The number of aliphatic hydroxyl groups excluding tert-OH is 2. The molecule has 0 spiro atoms. The molecule has 1 aromatic heterocycles. The molecule has 0 bridgehead atoms. The Kier molecular flexibility index (Phi) is 5.45. The molecule has 3 rings (SSSR count). The minimum atomic E-state index is -3.49. The Labute approximate surface area is 151 Å². The zero-order valence-corrected chi connectivity index (χ0v) is 15.1. The summed E-state index contributed by atoms with van der Waals surface area (Å²) < 4.78 is 28.7. The molecule has 0 radical (unpaired) electrons. The van der Waals surface area contributed by atoms with Crippen LogP contribution in [0.4, 0.5) is 0 Å². The molecule has 9 heteroatoms. The number of benzene rings is 1. The highest BCUT2D eigenvalue weighted by atomic mass is 35.5. The topological polar surface area (TPSA) is 95.7 Å². The van der Waals surface area contributed by atoms with Gasteiger partial charge in [-0.1, -0.05) is 23.7 Å². The first-order valence-corrected chi connectivity index (χ1v) is 9.95. The third-order valence-corrected chi connectivity index (χ3v) is 6.22. The lowest BCUT2D eigenvalue weighted by atomic mass is 10.2. The second kappa shape index (κ2) is 7.43. The summed E-state index contributed by atoms with van der Waals surface area (Å²) in [5.41, 5.74) is 1.74. The lowest BCUT2D eigenvalue weighted by molar-refractivity contribution is 0.0916. The number of sulfonamides is 1. The van der Waals surface area contributed by atoms with Gasteiger partial charge in [-0.25, -0.2) is 8.42 Å². The van der Waals surface area contributed by atoms with Gasteiger partial charge in [0.15, 0.2) is 0 Å². The third kappa shape index (κ3) is 4.21. The van der Waals surface area contributed by atoms with Gasteiger partial charge in [0, 0.05) is 18.1 Å². The number of hydrogen-bond acceptors (Lipinski definition) is 5. The van der Waals surface area contributed by atoms with E-state index in [-0.39, 0.29) is 12.3 Å². The monoisotopic (exact) mass is 385 g/mol. The van der Waals surface area contributed by atoms with Gasteiger partial charge in [0.05, 0.1) is 30.3 Å². The second-order valence-electron chi connectivity index (χ2n) is 6.05. The number of rotatable bonds is 5. The van der Waals surface area contributed by atoms with Gasteiger partial charge in [-0.2, -0.15) is 9.40 Å². The normalized spacial score (nSPS) is 17.1. The van der Waals surface area contributed by atoms with E-state index in [0.29, 0.717) is 41.5 Å². The number of aliphatic hydroxyl groups is 2. The molecule has 25 heavy (non-hydrogen) atoms.